The van der Waals surface area contributed by atoms with Crippen LogP contribution in [0, 0.1) is 20.8 Å². The minimum Gasteiger partial charge on any atom is -0.459 e. The summed E-state index contributed by atoms with van der Waals surface area (Å²) in [4.78, 5) is 18.3. The molecule has 0 saturated heterocycles. The van der Waals surface area contributed by atoms with Crippen molar-refractivity contribution in [1.82, 2.24) is 4.98 Å². The zero-order chi connectivity index (χ0) is 21.1. The van der Waals surface area contributed by atoms with E-state index in [2.05, 4.69) is 52.9 Å². The van der Waals surface area contributed by atoms with Crippen LogP contribution in [0.5, 0.6) is 0 Å². The van der Waals surface area contributed by atoms with Gasteiger partial charge >= 0.3 is 0 Å². The van der Waals surface area contributed by atoms with Gasteiger partial charge in [-0.1, -0.05) is 35.9 Å². The van der Waals surface area contributed by atoms with Gasteiger partial charge in [-0.15, -0.1) is 11.3 Å². The first kappa shape index (κ1) is 19.9. The Bertz CT molecular complexity index is 1150. The summed E-state index contributed by atoms with van der Waals surface area (Å²) in [7, 11) is 0. The molecule has 0 fully saturated rings. The van der Waals surface area contributed by atoms with Crippen LogP contribution in [0.4, 0.5) is 10.8 Å². The summed E-state index contributed by atoms with van der Waals surface area (Å²) in [6, 6.07) is 19.6. The van der Waals surface area contributed by atoms with Gasteiger partial charge in [0.2, 0.25) is 0 Å². The van der Waals surface area contributed by atoms with E-state index in [1.807, 2.05) is 32.0 Å². The van der Waals surface area contributed by atoms with Crippen LogP contribution in [0.2, 0.25) is 0 Å². The van der Waals surface area contributed by atoms with E-state index >= 15 is 0 Å². The molecule has 0 aliphatic rings. The molecule has 0 spiro atoms. The quantitative estimate of drug-likeness (QED) is 0.397. The van der Waals surface area contributed by atoms with E-state index in [-0.39, 0.29) is 17.7 Å². The number of rotatable bonds is 6. The van der Waals surface area contributed by atoms with E-state index in [4.69, 9.17) is 4.42 Å². The van der Waals surface area contributed by atoms with Crippen molar-refractivity contribution in [3.05, 3.63) is 99.9 Å². The highest BCUT2D eigenvalue weighted by Gasteiger charge is 2.22. The van der Waals surface area contributed by atoms with Gasteiger partial charge in [-0.05, 0) is 56.7 Å². The number of amides is 1. The number of furan rings is 1. The molecule has 4 aromatic rings. The number of thiophene rings is 1. The van der Waals surface area contributed by atoms with Gasteiger partial charge < -0.3 is 15.1 Å². The van der Waals surface area contributed by atoms with Gasteiger partial charge in [-0.3, -0.25) is 4.79 Å². The number of nitrogens with zero attached hydrogens (tertiary/aromatic N) is 1. The van der Waals surface area contributed by atoms with Gasteiger partial charge in [0.05, 0.1) is 12.3 Å². The SMILES string of the molecule is Cc1ccc([C@H](Nc2cccc(C)n2)c2cc(C)sc2NC(=O)c2ccco2)cc1. The van der Waals surface area contributed by atoms with Gasteiger partial charge in [0.25, 0.3) is 5.91 Å². The van der Waals surface area contributed by atoms with Crippen LogP contribution in [0.1, 0.15) is 43.9 Å². The Kier molecular flexibility index (Phi) is 5.68. The summed E-state index contributed by atoms with van der Waals surface area (Å²) in [6.07, 6.45) is 1.50. The summed E-state index contributed by atoms with van der Waals surface area (Å²) >= 11 is 1.55. The minimum absolute atomic E-state index is 0.170. The third kappa shape index (κ3) is 4.44. The Morgan fingerprint density at radius 1 is 1.03 bits per heavy atom. The summed E-state index contributed by atoms with van der Waals surface area (Å²) < 4.78 is 5.25. The van der Waals surface area contributed by atoms with E-state index in [0.717, 1.165) is 32.5 Å². The van der Waals surface area contributed by atoms with Crippen LogP contribution in [0.25, 0.3) is 0 Å². The van der Waals surface area contributed by atoms with E-state index in [1.165, 1.54) is 11.8 Å². The first-order chi connectivity index (χ1) is 14.5. The standard InChI is InChI=1S/C24H23N3O2S/c1-15-9-11-18(12-10-15)22(26-21-8-4-6-16(2)25-21)19-14-17(3)30-24(19)27-23(28)20-7-5-13-29-20/h4-14,22H,1-3H3,(H,25,26)(H,27,28)/t22-/m0/s1. The Balaban J connectivity index is 1.73. The molecule has 0 saturated carbocycles. The molecule has 5 nitrogen and oxygen atoms in total. The van der Waals surface area contributed by atoms with E-state index in [9.17, 15) is 4.79 Å². The lowest BCUT2D eigenvalue weighted by molar-refractivity contribution is 0.0997. The molecule has 1 atom stereocenters. The van der Waals surface area contributed by atoms with Gasteiger partial charge in [0, 0.05) is 16.1 Å². The predicted octanol–water partition coefficient (Wildman–Crippen LogP) is 6.12. The Labute approximate surface area is 179 Å². The second-order valence-corrected chi connectivity index (χ2v) is 8.48. The average molecular weight is 418 g/mol. The van der Waals surface area contributed by atoms with Crippen molar-refractivity contribution in [2.24, 2.45) is 0 Å². The number of aromatic nitrogens is 1. The molecule has 6 heteroatoms. The number of carbonyl (C=O) groups is 1. The molecule has 0 unspecified atom stereocenters. The van der Waals surface area contributed by atoms with Gasteiger partial charge in [0.1, 0.15) is 10.8 Å². The molecule has 0 aliphatic carbocycles. The molecule has 3 aromatic heterocycles. The summed E-state index contributed by atoms with van der Waals surface area (Å²) in [6.45, 7) is 6.07. The van der Waals surface area contributed by atoms with Gasteiger partial charge in [-0.2, -0.15) is 0 Å². The lowest BCUT2D eigenvalue weighted by Gasteiger charge is -2.21. The van der Waals surface area contributed by atoms with Crippen LogP contribution in [0.3, 0.4) is 0 Å². The molecule has 1 aromatic carbocycles. The highest BCUT2D eigenvalue weighted by molar-refractivity contribution is 7.16. The summed E-state index contributed by atoms with van der Waals surface area (Å²) in [5, 5.41) is 7.36. The monoisotopic (exact) mass is 417 g/mol. The van der Waals surface area contributed by atoms with Crippen molar-refractivity contribution in [3.8, 4) is 0 Å². The molecule has 1 amide bonds. The number of pyridine rings is 1. The van der Waals surface area contributed by atoms with Crippen LogP contribution in [-0.2, 0) is 0 Å². The number of aryl methyl sites for hydroxylation is 3. The number of benzene rings is 1. The van der Waals surface area contributed by atoms with Gasteiger partial charge in [0.15, 0.2) is 5.76 Å². The fourth-order valence-corrected chi connectivity index (χ4v) is 4.24. The third-order valence-corrected chi connectivity index (χ3v) is 5.74. The molecular formula is C24H23N3O2S. The molecular weight excluding hydrogens is 394 g/mol. The highest BCUT2D eigenvalue weighted by Crippen LogP contribution is 2.37. The summed E-state index contributed by atoms with van der Waals surface area (Å²) in [5.74, 6) is 0.805. The fraction of sp³-hybridized carbons (Fsp3) is 0.167. The lowest BCUT2D eigenvalue weighted by Crippen LogP contribution is -2.17. The van der Waals surface area contributed by atoms with Crippen molar-refractivity contribution in [1.29, 1.82) is 0 Å². The van der Waals surface area contributed by atoms with E-state index in [0.29, 0.717) is 0 Å². The largest absolute Gasteiger partial charge is 0.459 e. The molecule has 30 heavy (non-hydrogen) atoms. The van der Waals surface area contributed by atoms with E-state index < -0.39 is 0 Å². The fourth-order valence-electron chi connectivity index (χ4n) is 3.29. The van der Waals surface area contributed by atoms with Crippen molar-refractivity contribution < 1.29 is 9.21 Å². The third-order valence-electron chi connectivity index (χ3n) is 4.76. The first-order valence-corrected chi connectivity index (χ1v) is 10.5. The smallest absolute Gasteiger partial charge is 0.291 e. The molecule has 2 N–H and O–H groups in total. The number of anilines is 2. The normalized spacial score (nSPS) is 11.8. The number of hydrogen-bond donors (Lipinski definition) is 2. The van der Waals surface area contributed by atoms with Crippen molar-refractivity contribution in [2.75, 3.05) is 10.6 Å². The maximum atomic E-state index is 12.6. The highest BCUT2D eigenvalue weighted by atomic mass is 32.1. The predicted molar refractivity (Wildman–Crippen MR) is 121 cm³/mol. The Hall–Kier alpha value is -3.38. The minimum atomic E-state index is -0.264. The van der Waals surface area contributed by atoms with Crippen LogP contribution in [-0.4, -0.2) is 10.9 Å². The zero-order valence-corrected chi connectivity index (χ0v) is 17.9. The van der Waals surface area contributed by atoms with Crippen molar-refractivity contribution in [3.63, 3.8) is 0 Å². The first-order valence-electron chi connectivity index (χ1n) is 9.71. The topological polar surface area (TPSA) is 67.2 Å². The Morgan fingerprint density at radius 2 is 1.83 bits per heavy atom. The molecule has 0 radical (unpaired) electrons. The van der Waals surface area contributed by atoms with Crippen LogP contribution in [0.15, 0.2) is 71.3 Å². The van der Waals surface area contributed by atoms with Crippen LogP contribution >= 0.6 is 11.3 Å². The maximum absolute atomic E-state index is 12.6. The van der Waals surface area contributed by atoms with E-state index in [1.54, 1.807) is 23.5 Å². The zero-order valence-electron chi connectivity index (χ0n) is 17.1. The number of hydrogen-bond acceptors (Lipinski definition) is 5. The van der Waals surface area contributed by atoms with Crippen molar-refractivity contribution in [2.45, 2.75) is 26.8 Å². The molecule has 4 rings (SSSR count). The molecule has 152 valence electrons. The second kappa shape index (κ2) is 8.55. The lowest BCUT2D eigenvalue weighted by atomic mass is 9.99. The number of carbonyl (C=O) groups excluding carboxylic acids is 1. The second-order valence-electron chi connectivity index (χ2n) is 7.23. The molecule has 3 heterocycles. The molecule has 0 aliphatic heterocycles. The van der Waals surface area contributed by atoms with Gasteiger partial charge in [-0.25, -0.2) is 4.98 Å². The average Bonchev–Trinajstić information content (AvgIpc) is 3.37. The summed E-state index contributed by atoms with van der Waals surface area (Å²) in [5.41, 5.74) is 4.22. The maximum Gasteiger partial charge on any atom is 0.291 e. The van der Waals surface area contributed by atoms with Crippen LogP contribution < -0.4 is 10.6 Å². The Morgan fingerprint density at radius 3 is 2.53 bits per heavy atom. The molecule has 0 bridgehead atoms. The van der Waals surface area contributed by atoms with Crippen molar-refractivity contribution >= 4 is 28.1 Å². The number of nitrogens with one attached hydrogen (secondary N) is 2.